The number of carbonyl (C=O) groups excluding carboxylic acids is 3. The van der Waals surface area contributed by atoms with Gasteiger partial charge in [0.05, 0.1) is 18.9 Å². The van der Waals surface area contributed by atoms with Crippen LogP contribution in [0.3, 0.4) is 0 Å². The number of barbiturate groups is 1. The van der Waals surface area contributed by atoms with Crippen molar-refractivity contribution in [2.45, 2.75) is 6.42 Å². The van der Waals surface area contributed by atoms with Crippen LogP contribution in [0.2, 0.25) is 0 Å². The Morgan fingerprint density at radius 3 is 2.06 bits per heavy atom. The number of nitrogens with zero attached hydrogens (tertiary/aromatic N) is 1. The Labute approximate surface area is 195 Å². The predicted octanol–water partition coefficient (Wildman–Crippen LogP) is 4.34. The maximum atomic E-state index is 13.2. The number of para-hydroxylation sites is 1. The number of carbonyl (C=O) groups is 3. The maximum Gasteiger partial charge on any atom is 0.335 e. The molecule has 1 fully saturated rings. The zero-order valence-corrected chi connectivity index (χ0v) is 18.1. The minimum Gasteiger partial charge on any atom is -0.493 e. The fourth-order valence-corrected chi connectivity index (χ4v) is 3.26. The lowest BCUT2D eigenvalue weighted by molar-refractivity contribution is -0.122. The van der Waals surface area contributed by atoms with Crippen LogP contribution in [0.4, 0.5) is 14.9 Å². The van der Waals surface area contributed by atoms with Gasteiger partial charge < -0.3 is 9.47 Å². The Morgan fingerprint density at radius 2 is 1.41 bits per heavy atom. The highest BCUT2D eigenvalue weighted by molar-refractivity contribution is 6.39. The Bertz CT molecular complexity index is 1210. The second kappa shape index (κ2) is 10.4. The fourth-order valence-electron chi connectivity index (χ4n) is 3.26. The molecule has 1 N–H and O–H groups in total. The van der Waals surface area contributed by atoms with Crippen LogP contribution in [0.1, 0.15) is 12.0 Å². The lowest BCUT2D eigenvalue weighted by Gasteiger charge is -2.26. The molecule has 34 heavy (non-hydrogen) atoms. The van der Waals surface area contributed by atoms with Crippen LogP contribution in [-0.2, 0) is 9.59 Å². The normalized spacial score (nSPS) is 14.8. The topological polar surface area (TPSA) is 84.9 Å². The Balaban J connectivity index is 1.36. The maximum absolute atomic E-state index is 13.2. The van der Waals surface area contributed by atoms with Crippen molar-refractivity contribution >= 4 is 29.6 Å². The fraction of sp³-hybridized carbons (Fsp3) is 0.115. The minimum absolute atomic E-state index is 0.155. The Hall–Kier alpha value is -4.46. The van der Waals surface area contributed by atoms with Crippen molar-refractivity contribution in [1.82, 2.24) is 5.32 Å². The number of anilines is 1. The number of halogens is 1. The van der Waals surface area contributed by atoms with Gasteiger partial charge in [0.2, 0.25) is 0 Å². The van der Waals surface area contributed by atoms with Crippen molar-refractivity contribution in [1.29, 1.82) is 0 Å². The lowest BCUT2D eigenvalue weighted by Crippen LogP contribution is -2.54. The first-order valence-electron chi connectivity index (χ1n) is 10.6. The predicted molar refractivity (Wildman–Crippen MR) is 124 cm³/mol. The molecular formula is C26H21FN2O5. The largest absolute Gasteiger partial charge is 0.493 e. The summed E-state index contributed by atoms with van der Waals surface area (Å²) in [6.45, 7) is 0.984. The summed E-state index contributed by atoms with van der Waals surface area (Å²) < 4.78 is 24.5. The molecule has 1 aliphatic heterocycles. The molecule has 1 aliphatic rings. The summed E-state index contributed by atoms with van der Waals surface area (Å²) in [5.74, 6) is -0.664. The molecule has 0 saturated carbocycles. The van der Waals surface area contributed by atoms with Gasteiger partial charge in [0.15, 0.2) is 0 Å². The molecule has 0 spiro atoms. The van der Waals surface area contributed by atoms with Gasteiger partial charge in [0.1, 0.15) is 22.9 Å². The van der Waals surface area contributed by atoms with E-state index in [0.29, 0.717) is 30.9 Å². The van der Waals surface area contributed by atoms with E-state index in [-0.39, 0.29) is 11.3 Å². The summed E-state index contributed by atoms with van der Waals surface area (Å²) in [4.78, 5) is 38.1. The first kappa shape index (κ1) is 22.7. The van der Waals surface area contributed by atoms with Crippen LogP contribution in [0, 0.1) is 5.82 Å². The molecule has 172 valence electrons. The summed E-state index contributed by atoms with van der Waals surface area (Å²) in [6.07, 6.45) is 2.08. The van der Waals surface area contributed by atoms with Crippen molar-refractivity contribution in [3.8, 4) is 11.5 Å². The van der Waals surface area contributed by atoms with Crippen LogP contribution < -0.4 is 19.7 Å². The van der Waals surface area contributed by atoms with Gasteiger partial charge in [-0.1, -0.05) is 30.3 Å². The van der Waals surface area contributed by atoms with Gasteiger partial charge in [-0.2, -0.15) is 0 Å². The third-order valence-electron chi connectivity index (χ3n) is 4.95. The number of nitrogens with one attached hydrogen (secondary N) is 1. The average molecular weight is 460 g/mol. The van der Waals surface area contributed by atoms with Gasteiger partial charge in [-0.3, -0.25) is 14.9 Å². The zero-order valence-electron chi connectivity index (χ0n) is 18.1. The molecule has 0 radical (unpaired) electrons. The molecule has 1 heterocycles. The van der Waals surface area contributed by atoms with E-state index in [0.717, 1.165) is 22.8 Å². The third kappa shape index (κ3) is 5.47. The van der Waals surface area contributed by atoms with Gasteiger partial charge in [-0.25, -0.2) is 14.1 Å². The van der Waals surface area contributed by atoms with E-state index in [1.807, 2.05) is 30.3 Å². The molecule has 3 aromatic rings. The molecule has 4 rings (SSSR count). The summed E-state index contributed by atoms with van der Waals surface area (Å²) in [5.41, 5.74) is 0.518. The number of imide groups is 2. The van der Waals surface area contributed by atoms with Gasteiger partial charge in [-0.15, -0.1) is 0 Å². The summed E-state index contributed by atoms with van der Waals surface area (Å²) in [5, 5.41) is 2.13. The Kier molecular flexibility index (Phi) is 6.98. The molecular weight excluding hydrogens is 439 g/mol. The summed E-state index contributed by atoms with van der Waals surface area (Å²) >= 11 is 0. The van der Waals surface area contributed by atoms with Gasteiger partial charge in [0, 0.05) is 6.42 Å². The van der Waals surface area contributed by atoms with E-state index in [1.165, 1.54) is 18.2 Å². The highest BCUT2D eigenvalue weighted by Gasteiger charge is 2.36. The van der Waals surface area contributed by atoms with Crippen LogP contribution in [0.5, 0.6) is 11.5 Å². The molecule has 0 bridgehead atoms. The standard InChI is InChI=1S/C26H21FN2O5/c27-19-9-11-20(12-10-19)29-25(31)23(24(30)28-26(29)32)17-18-7-13-22(14-8-18)34-16-4-15-33-21-5-2-1-3-6-21/h1-3,5-14,17H,4,15-16H2,(H,28,30,32)/b23-17-. The number of ether oxygens (including phenoxy) is 2. The van der Waals surface area contributed by atoms with Crippen LogP contribution in [-0.4, -0.2) is 31.1 Å². The van der Waals surface area contributed by atoms with Gasteiger partial charge in [0.25, 0.3) is 11.8 Å². The number of urea groups is 1. The van der Waals surface area contributed by atoms with E-state index in [4.69, 9.17) is 9.47 Å². The first-order chi connectivity index (χ1) is 16.5. The van der Waals surface area contributed by atoms with Gasteiger partial charge in [-0.05, 0) is 60.2 Å². The SMILES string of the molecule is O=C1NC(=O)N(c2ccc(F)cc2)C(=O)/C1=C\c1ccc(OCCCOc2ccccc2)cc1. The number of hydrogen-bond acceptors (Lipinski definition) is 5. The van der Waals surface area contributed by atoms with E-state index in [1.54, 1.807) is 24.3 Å². The van der Waals surface area contributed by atoms with E-state index >= 15 is 0 Å². The van der Waals surface area contributed by atoms with Crippen LogP contribution in [0.25, 0.3) is 6.08 Å². The third-order valence-corrected chi connectivity index (χ3v) is 4.95. The highest BCUT2D eigenvalue weighted by Crippen LogP contribution is 2.23. The van der Waals surface area contributed by atoms with Crippen LogP contribution >= 0.6 is 0 Å². The van der Waals surface area contributed by atoms with Gasteiger partial charge >= 0.3 is 6.03 Å². The quantitative estimate of drug-likeness (QED) is 0.307. The van der Waals surface area contributed by atoms with Crippen molar-refractivity contribution in [3.63, 3.8) is 0 Å². The Morgan fingerprint density at radius 1 is 0.794 bits per heavy atom. The van der Waals surface area contributed by atoms with Crippen LogP contribution in [0.15, 0.2) is 84.4 Å². The molecule has 0 unspecified atom stereocenters. The molecule has 3 aromatic carbocycles. The molecule has 0 aromatic heterocycles. The molecule has 7 nitrogen and oxygen atoms in total. The van der Waals surface area contributed by atoms with E-state index in [2.05, 4.69) is 5.32 Å². The minimum atomic E-state index is -0.890. The number of rotatable bonds is 8. The lowest BCUT2D eigenvalue weighted by atomic mass is 10.1. The van der Waals surface area contributed by atoms with Crippen molar-refractivity contribution in [3.05, 3.63) is 95.8 Å². The molecule has 0 aliphatic carbocycles. The monoisotopic (exact) mass is 460 g/mol. The number of benzene rings is 3. The van der Waals surface area contributed by atoms with Crippen molar-refractivity contribution in [2.24, 2.45) is 0 Å². The number of amides is 4. The zero-order chi connectivity index (χ0) is 23.9. The molecule has 4 amide bonds. The second-order valence-electron chi connectivity index (χ2n) is 7.37. The molecule has 1 saturated heterocycles. The smallest absolute Gasteiger partial charge is 0.335 e. The molecule has 0 atom stereocenters. The van der Waals surface area contributed by atoms with E-state index < -0.39 is 23.7 Å². The summed E-state index contributed by atoms with van der Waals surface area (Å²) in [6, 6.07) is 20.3. The number of hydrogen-bond donors (Lipinski definition) is 1. The van der Waals surface area contributed by atoms with Crippen molar-refractivity contribution in [2.75, 3.05) is 18.1 Å². The first-order valence-corrected chi connectivity index (χ1v) is 10.6. The summed E-state index contributed by atoms with van der Waals surface area (Å²) in [7, 11) is 0. The van der Waals surface area contributed by atoms with Crippen molar-refractivity contribution < 1.29 is 28.2 Å². The highest BCUT2D eigenvalue weighted by atomic mass is 19.1. The second-order valence-corrected chi connectivity index (χ2v) is 7.37. The average Bonchev–Trinajstić information content (AvgIpc) is 2.84. The molecule has 8 heteroatoms. The van der Waals surface area contributed by atoms with E-state index in [9.17, 15) is 18.8 Å².